The molecule has 0 bridgehead atoms. The number of thiocarbonyl (C=S) groups is 1. The van der Waals surface area contributed by atoms with Crippen LogP contribution in [0.5, 0.6) is 0 Å². The smallest absolute Gasteiger partial charge is 0.174 e. The van der Waals surface area contributed by atoms with Crippen LogP contribution >= 0.6 is 35.4 Å². The van der Waals surface area contributed by atoms with E-state index in [0.29, 0.717) is 22.0 Å². The summed E-state index contributed by atoms with van der Waals surface area (Å²) in [4.78, 5) is 9.15. The number of nitrogens with zero attached hydrogens (tertiary/aromatic N) is 4. The minimum atomic E-state index is -0.456. The molecular formula is C31H30Cl2FN5S. The van der Waals surface area contributed by atoms with Crippen LogP contribution in [0, 0.1) is 17.7 Å². The predicted molar refractivity (Wildman–Crippen MR) is 165 cm³/mol. The Balaban J connectivity index is 1.43. The van der Waals surface area contributed by atoms with Crippen LogP contribution in [0.4, 0.5) is 15.8 Å². The second kappa shape index (κ2) is 11.0. The molecule has 2 aliphatic heterocycles. The van der Waals surface area contributed by atoms with Crippen molar-refractivity contribution in [2.75, 3.05) is 22.9 Å². The van der Waals surface area contributed by atoms with Crippen LogP contribution in [0.3, 0.4) is 0 Å². The van der Waals surface area contributed by atoms with Crippen molar-refractivity contribution in [2.45, 2.75) is 32.4 Å². The highest BCUT2D eigenvalue weighted by molar-refractivity contribution is 7.80. The number of aromatic nitrogens is 2. The first-order chi connectivity index (χ1) is 19.3. The number of pyridine rings is 1. The summed E-state index contributed by atoms with van der Waals surface area (Å²) in [7, 11) is 0. The van der Waals surface area contributed by atoms with E-state index in [0.717, 1.165) is 41.5 Å². The molecule has 0 spiro atoms. The van der Waals surface area contributed by atoms with Crippen molar-refractivity contribution in [3.8, 4) is 5.69 Å². The van der Waals surface area contributed by atoms with Crippen molar-refractivity contribution in [1.82, 2.24) is 14.9 Å². The van der Waals surface area contributed by atoms with Crippen molar-refractivity contribution in [1.29, 1.82) is 0 Å². The van der Waals surface area contributed by atoms with Crippen LogP contribution in [0.2, 0.25) is 10.0 Å². The van der Waals surface area contributed by atoms with Gasteiger partial charge in [-0.2, -0.15) is 0 Å². The lowest BCUT2D eigenvalue weighted by molar-refractivity contribution is 0.357. The van der Waals surface area contributed by atoms with Gasteiger partial charge in [0.15, 0.2) is 5.11 Å². The number of hydrogen-bond acceptors (Lipinski definition) is 3. The zero-order valence-corrected chi connectivity index (χ0v) is 24.6. The van der Waals surface area contributed by atoms with Gasteiger partial charge >= 0.3 is 0 Å². The predicted octanol–water partition coefficient (Wildman–Crippen LogP) is 7.98. The van der Waals surface area contributed by atoms with Crippen LogP contribution < -0.4 is 15.1 Å². The molecular weight excluding hydrogens is 564 g/mol. The van der Waals surface area contributed by atoms with E-state index in [-0.39, 0.29) is 17.1 Å². The fraction of sp³-hybridized carbons (Fsp3) is 0.290. The van der Waals surface area contributed by atoms with Crippen LogP contribution in [-0.4, -0.2) is 27.8 Å². The molecule has 206 valence electrons. The second-order valence-electron chi connectivity index (χ2n) is 10.9. The van der Waals surface area contributed by atoms with Crippen molar-refractivity contribution >= 4 is 51.9 Å². The average Bonchev–Trinajstić information content (AvgIpc) is 3.54. The number of piperidine rings is 1. The number of benzene rings is 2. The molecule has 6 rings (SSSR count). The maximum Gasteiger partial charge on any atom is 0.174 e. The van der Waals surface area contributed by atoms with Gasteiger partial charge in [-0.3, -0.25) is 4.98 Å². The van der Waals surface area contributed by atoms with Gasteiger partial charge in [-0.1, -0.05) is 43.1 Å². The first kappa shape index (κ1) is 27.1. The van der Waals surface area contributed by atoms with Gasteiger partial charge in [0.25, 0.3) is 0 Å². The van der Waals surface area contributed by atoms with Crippen molar-refractivity contribution in [3.05, 3.63) is 106 Å². The second-order valence-corrected chi connectivity index (χ2v) is 12.1. The molecule has 4 heterocycles. The molecule has 2 saturated heterocycles. The normalized spacial score (nSPS) is 23.0. The Hall–Kier alpha value is -3.13. The first-order valence-electron chi connectivity index (χ1n) is 13.5. The van der Waals surface area contributed by atoms with Crippen molar-refractivity contribution in [3.63, 3.8) is 0 Å². The highest BCUT2D eigenvalue weighted by Crippen LogP contribution is 2.44. The Bertz CT molecular complexity index is 1530. The van der Waals surface area contributed by atoms with Gasteiger partial charge in [0.1, 0.15) is 11.9 Å². The van der Waals surface area contributed by atoms with Crippen molar-refractivity contribution in [2.24, 2.45) is 11.8 Å². The topological polar surface area (TPSA) is 36.3 Å². The van der Waals surface area contributed by atoms with Crippen LogP contribution in [0.1, 0.15) is 43.7 Å². The summed E-state index contributed by atoms with van der Waals surface area (Å²) in [6.07, 6.45) is 4.96. The lowest BCUT2D eigenvalue weighted by Gasteiger charge is -2.37. The number of anilines is 2. The molecule has 9 heteroatoms. The third-order valence-corrected chi connectivity index (χ3v) is 8.69. The summed E-state index contributed by atoms with van der Waals surface area (Å²) in [5.41, 5.74) is 4.50. The lowest BCUT2D eigenvalue weighted by atomic mass is 9.91. The zero-order valence-electron chi connectivity index (χ0n) is 22.3. The molecule has 2 aliphatic rings. The molecule has 1 N–H and O–H groups in total. The zero-order chi connectivity index (χ0) is 28.0. The summed E-state index contributed by atoms with van der Waals surface area (Å²) in [5, 5.41) is 4.85. The van der Waals surface area contributed by atoms with Crippen LogP contribution in [-0.2, 0) is 0 Å². The van der Waals surface area contributed by atoms with Crippen molar-refractivity contribution < 1.29 is 4.39 Å². The quantitative estimate of drug-likeness (QED) is 0.237. The standard InChI is InChI=1S/C31H30Cl2FN5S/c1-19-14-20(2)18-37(17-19)27-11-9-22(16-24(27)33)39-30(29(36-31(39)40)26-6-3-4-12-35-26)28-7-5-13-38(28)21-8-10-25(34)23(32)15-21/h3-13,15-16,19-20,29-30H,14,17-18H2,1-2H3,(H,36,40)/t19-,20+,29-,30+/m1/s1. The molecule has 4 atom stereocenters. The Kier molecular flexibility index (Phi) is 7.46. The Morgan fingerprint density at radius 2 is 1.68 bits per heavy atom. The molecule has 4 aromatic rings. The maximum atomic E-state index is 14.0. The highest BCUT2D eigenvalue weighted by atomic mass is 35.5. The van der Waals surface area contributed by atoms with E-state index in [1.165, 1.54) is 12.5 Å². The van der Waals surface area contributed by atoms with E-state index in [4.69, 9.17) is 35.4 Å². The largest absolute Gasteiger partial charge is 0.370 e. The number of halogens is 3. The Labute approximate surface area is 249 Å². The molecule has 0 radical (unpaired) electrons. The van der Waals surface area contributed by atoms with Gasteiger partial charge in [0.05, 0.1) is 27.5 Å². The summed E-state index contributed by atoms with van der Waals surface area (Å²) < 4.78 is 16.0. The summed E-state index contributed by atoms with van der Waals surface area (Å²) in [6.45, 7) is 6.58. The monoisotopic (exact) mass is 593 g/mol. The summed E-state index contributed by atoms with van der Waals surface area (Å²) in [6, 6.07) is 20.3. The molecule has 2 aromatic carbocycles. The molecule has 0 amide bonds. The number of hydrogen-bond donors (Lipinski definition) is 1. The minimum Gasteiger partial charge on any atom is -0.370 e. The molecule has 2 fully saturated rings. The molecule has 5 nitrogen and oxygen atoms in total. The minimum absolute atomic E-state index is 0.0686. The van der Waals surface area contributed by atoms with Gasteiger partial charge in [0, 0.05) is 42.6 Å². The van der Waals surface area contributed by atoms with Gasteiger partial charge in [-0.15, -0.1) is 0 Å². The Morgan fingerprint density at radius 3 is 2.38 bits per heavy atom. The highest BCUT2D eigenvalue weighted by Gasteiger charge is 2.42. The molecule has 0 unspecified atom stereocenters. The third-order valence-electron chi connectivity index (χ3n) is 7.78. The fourth-order valence-electron chi connectivity index (χ4n) is 6.20. The summed E-state index contributed by atoms with van der Waals surface area (Å²) in [5.74, 6) is 0.778. The van der Waals surface area contributed by atoms with Gasteiger partial charge in [-0.05, 0) is 91.1 Å². The van der Waals surface area contributed by atoms with E-state index in [2.05, 4.69) is 46.1 Å². The van der Waals surface area contributed by atoms with Gasteiger partial charge in [0.2, 0.25) is 0 Å². The van der Waals surface area contributed by atoms with E-state index >= 15 is 0 Å². The molecule has 0 saturated carbocycles. The summed E-state index contributed by atoms with van der Waals surface area (Å²) >= 11 is 19.1. The Morgan fingerprint density at radius 1 is 0.925 bits per heavy atom. The van der Waals surface area contributed by atoms with E-state index < -0.39 is 5.82 Å². The van der Waals surface area contributed by atoms with E-state index in [1.807, 2.05) is 47.2 Å². The molecule has 40 heavy (non-hydrogen) atoms. The third kappa shape index (κ3) is 5.06. The van der Waals surface area contributed by atoms with E-state index in [1.54, 1.807) is 18.3 Å². The van der Waals surface area contributed by atoms with Gasteiger partial charge in [-0.25, -0.2) is 4.39 Å². The molecule has 0 aliphatic carbocycles. The van der Waals surface area contributed by atoms with E-state index in [9.17, 15) is 4.39 Å². The first-order valence-corrected chi connectivity index (χ1v) is 14.6. The van der Waals surface area contributed by atoms with Crippen LogP contribution in [0.15, 0.2) is 79.1 Å². The SMILES string of the molecule is C[C@@H]1C[C@H](C)CN(c2ccc(N3C(=S)N[C@H](c4ccccn4)[C@@H]3c3cccn3-c3ccc(F)c(Cl)c3)cc2Cl)C1. The maximum absolute atomic E-state index is 14.0. The molecule has 2 aromatic heterocycles. The average molecular weight is 595 g/mol. The number of rotatable bonds is 5. The van der Waals surface area contributed by atoms with Gasteiger partial charge < -0.3 is 19.7 Å². The lowest BCUT2D eigenvalue weighted by Crippen LogP contribution is -2.38. The fourth-order valence-corrected chi connectivity index (χ4v) is 7.02. The van der Waals surface area contributed by atoms with Crippen LogP contribution in [0.25, 0.3) is 5.69 Å². The number of nitrogens with one attached hydrogen (secondary N) is 1.